The lowest BCUT2D eigenvalue weighted by Crippen LogP contribution is -2.26. The van der Waals surface area contributed by atoms with Gasteiger partial charge in [0.2, 0.25) is 6.79 Å². The van der Waals surface area contributed by atoms with Crippen LogP contribution in [0.25, 0.3) is 0 Å². The van der Waals surface area contributed by atoms with E-state index in [4.69, 9.17) is 9.47 Å². The number of rotatable bonds is 15. The van der Waals surface area contributed by atoms with Gasteiger partial charge in [0, 0.05) is 34.9 Å². The summed E-state index contributed by atoms with van der Waals surface area (Å²) in [5.74, 6) is 2.45. The van der Waals surface area contributed by atoms with Crippen LogP contribution in [0.4, 0.5) is 4.79 Å². The zero-order valence-corrected chi connectivity index (χ0v) is 22.9. The van der Waals surface area contributed by atoms with Crippen molar-refractivity contribution in [1.82, 2.24) is 4.90 Å². The van der Waals surface area contributed by atoms with Crippen molar-refractivity contribution in [1.29, 1.82) is 0 Å². The molecule has 0 saturated heterocycles. The molecule has 0 saturated carbocycles. The molecule has 2 atom stereocenters. The van der Waals surface area contributed by atoms with Gasteiger partial charge in [0.05, 0.1) is 0 Å². The van der Waals surface area contributed by atoms with E-state index in [-0.39, 0.29) is 10.5 Å². The Balaban J connectivity index is 0.000000420. The summed E-state index contributed by atoms with van der Waals surface area (Å²) in [5.41, 5.74) is 1.17. The summed E-state index contributed by atoms with van der Waals surface area (Å²) < 4.78 is 23.0. The average molecular weight is 500 g/mol. The van der Waals surface area contributed by atoms with Gasteiger partial charge in [-0.25, -0.2) is 0 Å². The second-order valence-electron chi connectivity index (χ2n) is 8.62. The molecule has 0 spiro atoms. The molecule has 0 N–H and O–H groups in total. The van der Waals surface area contributed by atoms with E-state index in [0.717, 1.165) is 49.6 Å². The summed E-state index contributed by atoms with van der Waals surface area (Å²) >= 11 is 3.76. The number of hydrogen-bond acceptors (Lipinski definition) is 4. The molecule has 5 nitrogen and oxygen atoms in total. The van der Waals surface area contributed by atoms with Gasteiger partial charge in [-0.3, -0.25) is 9.00 Å². The number of fused-ring (bicyclic) bond motifs is 1. The number of ether oxygens (including phenoxy) is 2. The van der Waals surface area contributed by atoms with Crippen molar-refractivity contribution in [3.8, 4) is 11.5 Å². The summed E-state index contributed by atoms with van der Waals surface area (Å²) in [6.45, 7) is 10.4. The van der Waals surface area contributed by atoms with Gasteiger partial charge < -0.3 is 14.4 Å². The van der Waals surface area contributed by atoms with Crippen LogP contribution in [-0.4, -0.2) is 45.2 Å². The first-order chi connectivity index (χ1) is 15.9. The molecular weight excluding hydrogens is 454 g/mol. The largest absolute Gasteiger partial charge is 0.454 e. The SMILES string of the molecule is CCCCCCCCS(=O)C(C)Cc1ccc2c(c1)OCO2.CCCCCN(CC)C(=O)S. The monoisotopic (exact) mass is 499 g/mol. The highest BCUT2D eigenvalue weighted by molar-refractivity contribution is 7.96. The second-order valence-corrected chi connectivity index (χ2v) is 11.0. The van der Waals surface area contributed by atoms with Crippen LogP contribution < -0.4 is 9.47 Å². The molecule has 1 aliphatic heterocycles. The topological polar surface area (TPSA) is 55.8 Å². The Morgan fingerprint density at radius 1 is 1.00 bits per heavy atom. The minimum absolute atomic E-state index is 0.108. The predicted octanol–water partition coefficient (Wildman–Crippen LogP) is 7.00. The molecule has 190 valence electrons. The van der Waals surface area contributed by atoms with Gasteiger partial charge in [0.1, 0.15) is 0 Å². The van der Waals surface area contributed by atoms with Crippen LogP contribution in [0.1, 0.15) is 91.0 Å². The summed E-state index contributed by atoms with van der Waals surface area (Å²) in [7, 11) is -0.743. The first kappa shape index (κ1) is 29.8. The van der Waals surface area contributed by atoms with E-state index < -0.39 is 10.8 Å². The Kier molecular flexibility index (Phi) is 16.4. The summed E-state index contributed by atoms with van der Waals surface area (Å²) in [4.78, 5) is 12.5. The molecule has 1 aromatic carbocycles. The van der Waals surface area contributed by atoms with Gasteiger partial charge in [-0.05, 0) is 43.9 Å². The van der Waals surface area contributed by atoms with Gasteiger partial charge in [-0.2, -0.15) is 0 Å². The highest BCUT2D eigenvalue weighted by Crippen LogP contribution is 2.33. The van der Waals surface area contributed by atoms with Gasteiger partial charge in [0.15, 0.2) is 11.5 Å². The third kappa shape index (κ3) is 12.7. The molecular formula is C26H45NO4S2. The zero-order valence-electron chi connectivity index (χ0n) is 21.1. The van der Waals surface area contributed by atoms with E-state index in [9.17, 15) is 9.00 Å². The molecule has 2 rings (SSSR count). The first-order valence-electron chi connectivity index (χ1n) is 12.7. The third-order valence-electron chi connectivity index (χ3n) is 5.79. The summed E-state index contributed by atoms with van der Waals surface area (Å²) in [5, 5.41) is 0.0830. The summed E-state index contributed by atoms with van der Waals surface area (Å²) in [6.07, 6.45) is 11.8. The lowest BCUT2D eigenvalue weighted by atomic mass is 10.1. The van der Waals surface area contributed by atoms with Crippen molar-refractivity contribution in [2.24, 2.45) is 0 Å². The van der Waals surface area contributed by atoms with Crippen LogP contribution in [0.15, 0.2) is 18.2 Å². The molecule has 1 aliphatic rings. The molecule has 7 heteroatoms. The van der Waals surface area contributed by atoms with Crippen LogP contribution in [0, 0.1) is 0 Å². The fourth-order valence-corrected chi connectivity index (χ4v) is 5.17. The van der Waals surface area contributed by atoms with E-state index in [1.165, 1.54) is 50.5 Å². The Hall–Kier alpha value is -1.21. The Morgan fingerprint density at radius 3 is 2.30 bits per heavy atom. The fourth-order valence-electron chi connectivity index (χ4n) is 3.66. The van der Waals surface area contributed by atoms with E-state index in [2.05, 4.69) is 33.4 Å². The van der Waals surface area contributed by atoms with E-state index >= 15 is 0 Å². The summed E-state index contributed by atoms with van der Waals surface area (Å²) in [6, 6.07) is 6.01. The lowest BCUT2D eigenvalue weighted by Gasteiger charge is -2.17. The normalized spacial score (nSPS) is 13.7. The Bertz CT molecular complexity index is 699. The highest BCUT2D eigenvalue weighted by atomic mass is 32.2. The number of benzene rings is 1. The smallest absolute Gasteiger partial charge is 0.278 e. The Morgan fingerprint density at radius 2 is 1.64 bits per heavy atom. The van der Waals surface area contributed by atoms with Crippen molar-refractivity contribution in [3.63, 3.8) is 0 Å². The minimum Gasteiger partial charge on any atom is -0.454 e. The molecule has 0 bridgehead atoms. The number of nitrogens with zero attached hydrogens (tertiary/aromatic N) is 1. The van der Waals surface area contributed by atoms with Crippen molar-refractivity contribution in [2.45, 2.75) is 97.2 Å². The van der Waals surface area contributed by atoms with Crippen LogP contribution in [-0.2, 0) is 17.2 Å². The van der Waals surface area contributed by atoms with E-state index in [1.54, 1.807) is 4.90 Å². The van der Waals surface area contributed by atoms with Gasteiger partial charge in [0.25, 0.3) is 5.24 Å². The third-order valence-corrected chi connectivity index (χ3v) is 7.83. The molecule has 1 aromatic rings. The molecule has 0 aromatic heterocycles. The maximum absolute atomic E-state index is 12.3. The van der Waals surface area contributed by atoms with Crippen molar-refractivity contribution in [3.05, 3.63) is 23.8 Å². The van der Waals surface area contributed by atoms with E-state index in [0.29, 0.717) is 6.79 Å². The number of unbranched alkanes of at least 4 members (excludes halogenated alkanes) is 7. The molecule has 33 heavy (non-hydrogen) atoms. The van der Waals surface area contributed by atoms with Gasteiger partial charge in [-0.15, -0.1) is 0 Å². The lowest BCUT2D eigenvalue weighted by molar-refractivity contribution is 0.174. The van der Waals surface area contributed by atoms with Crippen molar-refractivity contribution < 1.29 is 18.5 Å². The molecule has 2 unspecified atom stereocenters. The average Bonchev–Trinajstić information content (AvgIpc) is 3.27. The van der Waals surface area contributed by atoms with Crippen LogP contribution >= 0.6 is 12.6 Å². The van der Waals surface area contributed by atoms with Crippen LogP contribution in [0.5, 0.6) is 11.5 Å². The second kappa shape index (κ2) is 18.2. The quantitative estimate of drug-likeness (QED) is 0.208. The number of carbonyl (C=O) groups is 1. The van der Waals surface area contributed by atoms with Crippen LogP contribution in [0.3, 0.4) is 0 Å². The van der Waals surface area contributed by atoms with Crippen molar-refractivity contribution >= 4 is 28.7 Å². The standard InChI is InChI=1S/C18H28O3S.C8H17NOS/c1-3-4-5-6-7-8-11-22(19)15(2)12-16-9-10-17-18(13-16)21-14-20-17;1-3-5-6-7-9(4-2)8(10)11/h9-10,13,15H,3-8,11-12,14H2,1-2H3;3-7H2,1-2H3,(H,10,11). The number of amides is 1. The van der Waals surface area contributed by atoms with Gasteiger partial charge >= 0.3 is 0 Å². The maximum atomic E-state index is 12.3. The highest BCUT2D eigenvalue weighted by Gasteiger charge is 2.16. The zero-order chi connectivity index (χ0) is 24.5. The van der Waals surface area contributed by atoms with Crippen LogP contribution in [0.2, 0.25) is 0 Å². The Labute approximate surface area is 209 Å². The molecule has 1 amide bonds. The molecule has 1 heterocycles. The van der Waals surface area contributed by atoms with E-state index in [1.807, 2.05) is 25.1 Å². The number of thiol groups is 1. The minimum atomic E-state index is -0.743. The van der Waals surface area contributed by atoms with Gasteiger partial charge in [-0.1, -0.05) is 84.4 Å². The fraction of sp³-hybridized carbons (Fsp3) is 0.731. The first-order valence-corrected chi connectivity index (χ1v) is 14.5. The molecule has 0 aliphatic carbocycles. The number of carbonyl (C=O) groups excluding carboxylic acids is 1. The maximum Gasteiger partial charge on any atom is 0.278 e. The molecule has 0 fully saturated rings. The molecule has 0 radical (unpaired) electrons. The van der Waals surface area contributed by atoms with Crippen molar-refractivity contribution in [2.75, 3.05) is 25.6 Å². The predicted molar refractivity (Wildman–Crippen MR) is 143 cm³/mol. The number of hydrogen-bond donors (Lipinski definition) is 1.